The fraction of sp³-hybridized carbons (Fsp3) is 0.118. The van der Waals surface area contributed by atoms with Crippen molar-refractivity contribution in [2.24, 2.45) is 0 Å². The molecule has 2 rings (SSSR count). The molecule has 0 amide bonds. The van der Waals surface area contributed by atoms with Crippen LogP contribution in [0.25, 0.3) is 6.08 Å². The number of para-hydroxylation sites is 1. The van der Waals surface area contributed by atoms with Crippen molar-refractivity contribution in [3.8, 4) is 11.5 Å². The van der Waals surface area contributed by atoms with Crippen LogP contribution >= 0.6 is 11.8 Å². The topological polar surface area (TPSA) is 46.5 Å². The van der Waals surface area contributed by atoms with E-state index in [1.54, 1.807) is 17.8 Å². The summed E-state index contributed by atoms with van der Waals surface area (Å²) in [5.41, 5.74) is 1.79. The second-order valence-corrected chi connectivity index (χ2v) is 5.30. The lowest BCUT2D eigenvalue weighted by atomic mass is 10.1. The number of hydrogen-bond acceptors (Lipinski definition) is 3. The van der Waals surface area contributed by atoms with Gasteiger partial charge in [-0.2, -0.15) is 0 Å². The Morgan fingerprint density at radius 3 is 2.62 bits per heavy atom. The average Bonchev–Trinajstić information content (AvgIpc) is 2.48. The van der Waals surface area contributed by atoms with Crippen LogP contribution < -0.4 is 4.74 Å². The fourth-order valence-corrected chi connectivity index (χ4v) is 2.41. The highest BCUT2D eigenvalue weighted by molar-refractivity contribution is 7.98. The van der Waals surface area contributed by atoms with Crippen molar-refractivity contribution in [2.75, 3.05) is 6.26 Å². The first kappa shape index (κ1) is 15.2. The lowest BCUT2D eigenvalue weighted by molar-refractivity contribution is -0.131. The first-order valence-corrected chi connectivity index (χ1v) is 7.65. The maximum absolute atomic E-state index is 10.5. The number of aryl methyl sites for hydroxylation is 1. The number of benzene rings is 2. The molecule has 0 aromatic heterocycles. The van der Waals surface area contributed by atoms with Crippen LogP contribution in [0.3, 0.4) is 0 Å². The highest BCUT2D eigenvalue weighted by Crippen LogP contribution is 2.32. The van der Waals surface area contributed by atoms with Crippen molar-refractivity contribution in [1.82, 2.24) is 0 Å². The number of thioether (sulfide) groups is 1. The van der Waals surface area contributed by atoms with Gasteiger partial charge in [-0.15, -0.1) is 11.8 Å². The predicted octanol–water partition coefficient (Wildman–Crippen LogP) is 4.61. The van der Waals surface area contributed by atoms with Crippen LogP contribution in [0.15, 0.2) is 53.4 Å². The molecule has 4 heteroatoms. The summed E-state index contributed by atoms with van der Waals surface area (Å²) in [5.74, 6) is 0.632. The Balaban J connectivity index is 2.23. The monoisotopic (exact) mass is 300 g/mol. The Labute approximate surface area is 128 Å². The van der Waals surface area contributed by atoms with Gasteiger partial charge in [-0.05, 0) is 54.6 Å². The van der Waals surface area contributed by atoms with Crippen molar-refractivity contribution < 1.29 is 14.6 Å². The first-order valence-electron chi connectivity index (χ1n) is 6.42. The van der Waals surface area contributed by atoms with E-state index in [-0.39, 0.29) is 0 Å². The zero-order valence-corrected chi connectivity index (χ0v) is 12.7. The summed E-state index contributed by atoms with van der Waals surface area (Å²) in [5, 5.41) is 8.64. The van der Waals surface area contributed by atoms with Gasteiger partial charge in [0.2, 0.25) is 0 Å². The van der Waals surface area contributed by atoms with Crippen molar-refractivity contribution in [2.45, 2.75) is 11.8 Å². The summed E-state index contributed by atoms with van der Waals surface area (Å²) in [4.78, 5) is 11.6. The summed E-state index contributed by atoms with van der Waals surface area (Å²) in [6, 6.07) is 13.5. The zero-order chi connectivity index (χ0) is 15.2. The van der Waals surface area contributed by atoms with E-state index in [4.69, 9.17) is 9.84 Å². The Bertz CT molecular complexity index is 677. The lowest BCUT2D eigenvalue weighted by Crippen LogP contribution is -1.90. The van der Waals surface area contributed by atoms with Gasteiger partial charge >= 0.3 is 5.97 Å². The van der Waals surface area contributed by atoms with Gasteiger partial charge in [-0.1, -0.05) is 18.2 Å². The normalized spacial score (nSPS) is 10.8. The summed E-state index contributed by atoms with van der Waals surface area (Å²) < 4.78 is 5.95. The summed E-state index contributed by atoms with van der Waals surface area (Å²) >= 11 is 1.63. The second kappa shape index (κ2) is 6.99. The average molecular weight is 300 g/mol. The Hall–Kier alpha value is -2.20. The molecule has 1 N–H and O–H groups in total. The summed E-state index contributed by atoms with van der Waals surface area (Å²) in [7, 11) is 0. The molecule has 0 unspecified atom stereocenters. The van der Waals surface area contributed by atoms with Crippen LogP contribution in [0.5, 0.6) is 11.5 Å². The van der Waals surface area contributed by atoms with Gasteiger partial charge in [0.05, 0.1) is 0 Å². The molecule has 108 valence electrons. The Morgan fingerprint density at radius 1 is 1.19 bits per heavy atom. The maximum Gasteiger partial charge on any atom is 0.328 e. The molecular formula is C17H16O3S. The SMILES string of the molecule is CSc1ccccc1Oc1ccc(C=CC(=O)O)cc1C. The molecule has 0 aliphatic rings. The zero-order valence-electron chi connectivity index (χ0n) is 11.9. The molecule has 0 aliphatic heterocycles. The summed E-state index contributed by atoms with van der Waals surface area (Å²) in [6.45, 7) is 1.94. The third-order valence-electron chi connectivity index (χ3n) is 2.91. The van der Waals surface area contributed by atoms with Crippen LogP contribution in [-0.2, 0) is 4.79 Å². The molecule has 0 spiro atoms. The molecule has 0 saturated carbocycles. The standard InChI is InChI=1S/C17H16O3S/c1-12-11-13(8-10-17(18)19)7-9-14(12)20-15-5-3-4-6-16(15)21-2/h3-11H,1-2H3,(H,18,19). The number of carboxylic acids is 1. The van der Waals surface area contributed by atoms with Gasteiger partial charge in [-0.25, -0.2) is 4.79 Å². The van der Waals surface area contributed by atoms with E-state index in [2.05, 4.69) is 0 Å². The smallest absolute Gasteiger partial charge is 0.328 e. The number of hydrogen-bond donors (Lipinski definition) is 1. The minimum atomic E-state index is -0.957. The van der Waals surface area contributed by atoms with Gasteiger partial charge in [0.25, 0.3) is 0 Å². The number of ether oxygens (including phenoxy) is 1. The van der Waals surface area contributed by atoms with Crippen LogP contribution in [0, 0.1) is 6.92 Å². The van der Waals surface area contributed by atoms with Crippen LogP contribution in [0.1, 0.15) is 11.1 Å². The predicted molar refractivity (Wildman–Crippen MR) is 86.1 cm³/mol. The van der Waals surface area contributed by atoms with E-state index in [0.717, 1.165) is 33.6 Å². The van der Waals surface area contributed by atoms with E-state index in [0.29, 0.717) is 0 Å². The Kier molecular flexibility index (Phi) is 5.06. The van der Waals surface area contributed by atoms with E-state index >= 15 is 0 Å². The third-order valence-corrected chi connectivity index (χ3v) is 3.68. The molecule has 0 aliphatic carbocycles. The minimum Gasteiger partial charge on any atom is -0.478 e. The third kappa shape index (κ3) is 4.13. The molecule has 21 heavy (non-hydrogen) atoms. The molecule has 0 saturated heterocycles. The number of rotatable bonds is 5. The quantitative estimate of drug-likeness (QED) is 0.647. The van der Waals surface area contributed by atoms with Gasteiger partial charge in [0.15, 0.2) is 0 Å². The molecule has 0 fully saturated rings. The van der Waals surface area contributed by atoms with Gasteiger partial charge in [0, 0.05) is 11.0 Å². The summed E-state index contributed by atoms with van der Waals surface area (Å²) in [6.07, 6.45) is 4.70. The molecule has 2 aromatic carbocycles. The molecule has 3 nitrogen and oxygen atoms in total. The highest BCUT2D eigenvalue weighted by atomic mass is 32.2. The highest BCUT2D eigenvalue weighted by Gasteiger charge is 2.06. The molecule has 0 heterocycles. The van der Waals surface area contributed by atoms with Crippen LogP contribution in [0.4, 0.5) is 0 Å². The van der Waals surface area contributed by atoms with Crippen LogP contribution in [0.2, 0.25) is 0 Å². The van der Waals surface area contributed by atoms with Gasteiger partial charge in [-0.3, -0.25) is 0 Å². The first-order chi connectivity index (χ1) is 10.1. The lowest BCUT2D eigenvalue weighted by Gasteiger charge is -2.12. The van der Waals surface area contributed by atoms with Crippen molar-refractivity contribution in [1.29, 1.82) is 0 Å². The van der Waals surface area contributed by atoms with E-state index in [1.165, 1.54) is 0 Å². The Morgan fingerprint density at radius 2 is 1.95 bits per heavy atom. The number of carbonyl (C=O) groups is 1. The molecule has 0 atom stereocenters. The van der Waals surface area contributed by atoms with Gasteiger partial charge < -0.3 is 9.84 Å². The minimum absolute atomic E-state index is 0.768. The van der Waals surface area contributed by atoms with Crippen molar-refractivity contribution in [3.63, 3.8) is 0 Å². The van der Waals surface area contributed by atoms with Crippen molar-refractivity contribution >= 4 is 23.8 Å². The van der Waals surface area contributed by atoms with Crippen molar-refractivity contribution in [3.05, 3.63) is 59.7 Å². The largest absolute Gasteiger partial charge is 0.478 e. The second-order valence-electron chi connectivity index (χ2n) is 4.45. The molecule has 0 radical (unpaired) electrons. The fourth-order valence-electron chi connectivity index (χ4n) is 1.88. The number of carboxylic acid groups (broad SMARTS) is 1. The maximum atomic E-state index is 10.5. The van der Waals surface area contributed by atoms with Crippen LogP contribution in [-0.4, -0.2) is 17.3 Å². The number of aliphatic carboxylic acids is 1. The molecule has 2 aromatic rings. The molecule has 0 bridgehead atoms. The van der Waals surface area contributed by atoms with E-state index in [1.807, 2.05) is 55.6 Å². The van der Waals surface area contributed by atoms with E-state index in [9.17, 15) is 4.79 Å². The van der Waals surface area contributed by atoms with E-state index < -0.39 is 5.97 Å². The van der Waals surface area contributed by atoms with Gasteiger partial charge in [0.1, 0.15) is 11.5 Å². The molecular weight excluding hydrogens is 284 g/mol.